The predicted octanol–water partition coefficient (Wildman–Crippen LogP) is 3.56. The van der Waals surface area contributed by atoms with Crippen LogP contribution in [-0.4, -0.2) is 18.8 Å². The van der Waals surface area contributed by atoms with E-state index in [9.17, 15) is 8.78 Å². The van der Waals surface area contributed by atoms with Crippen molar-refractivity contribution in [2.45, 2.75) is 43.7 Å². The second-order valence-corrected chi connectivity index (χ2v) is 5.96. The Bertz CT molecular complexity index is 461. The number of halogens is 3. The van der Waals surface area contributed by atoms with Gasteiger partial charge in [0.1, 0.15) is 11.6 Å². The highest BCUT2D eigenvalue weighted by Gasteiger charge is 2.40. The molecule has 0 amide bonds. The zero-order chi connectivity index (χ0) is 14.0. The van der Waals surface area contributed by atoms with E-state index in [2.05, 4.69) is 15.9 Å². The summed E-state index contributed by atoms with van der Waals surface area (Å²) in [5.74, 6) is -1.12. The molecular weight excluding hydrogens is 316 g/mol. The minimum Gasteiger partial charge on any atom is -0.377 e. The lowest BCUT2D eigenvalue weighted by molar-refractivity contribution is -0.0256. The van der Waals surface area contributed by atoms with Gasteiger partial charge in [-0.1, -0.05) is 12.8 Å². The van der Waals surface area contributed by atoms with Crippen molar-refractivity contribution in [3.05, 3.63) is 33.8 Å². The molecule has 1 fully saturated rings. The van der Waals surface area contributed by atoms with Crippen molar-refractivity contribution in [3.8, 4) is 0 Å². The lowest BCUT2D eigenvalue weighted by Gasteiger charge is -2.34. The molecule has 0 bridgehead atoms. The van der Waals surface area contributed by atoms with Crippen LogP contribution in [0.25, 0.3) is 0 Å². The molecule has 2 rings (SSSR count). The third-order valence-corrected chi connectivity index (χ3v) is 4.71. The Balaban J connectivity index is 2.23. The number of hydrogen-bond acceptors (Lipinski definition) is 2. The maximum Gasteiger partial charge on any atom is 0.143 e. The van der Waals surface area contributed by atoms with Crippen molar-refractivity contribution in [2.24, 2.45) is 5.73 Å². The first-order valence-electron chi connectivity index (χ1n) is 6.43. The fourth-order valence-corrected chi connectivity index (χ4v) is 3.23. The number of rotatable bonds is 4. The van der Waals surface area contributed by atoms with Crippen molar-refractivity contribution >= 4 is 15.9 Å². The SMILES string of the molecule is COC1(C(N)Cc2c(F)ccc(Br)c2F)CCCC1. The molecule has 1 aliphatic rings. The number of methoxy groups -OCH3 is 1. The Labute approximate surface area is 120 Å². The monoisotopic (exact) mass is 333 g/mol. The largest absolute Gasteiger partial charge is 0.377 e. The van der Waals surface area contributed by atoms with Crippen LogP contribution in [0.3, 0.4) is 0 Å². The van der Waals surface area contributed by atoms with E-state index >= 15 is 0 Å². The van der Waals surface area contributed by atoms with Crippen LogP contribution in [0.2, 0.25) is 0 Å². The second kappa shape index (κ2) is 5.85. The number of ether oxygens (including phenoxy) is 1. The smallest absolute Gasteiger partial charge is 0.143 e. The van der Waals surface area contributed by atoms with E-state index in [1.165, 1.54) is 12.1 Å². The van der Waals surface area contributed by atoms with Crippen LogP contribution in [0.1, 0.15) is 31.2 Å². The molecule has 0 spiro atoms. The van der Waals surface area contributed by atoms with Crippen LogP contribution in [0.5, 0.6) is 0 Å². The van der Waals surface area contributed by atoms with E-state index in [-0.39, 0.29) is 16.5 Å². The van der Waals surface area contributed by atoms with Gasteiger partial charge in [-0.15, -0.1) is 0 Å². The highest BCUT2D eigenvalue weighted by atomic mass is 79.9. The van der Waals surface area contributed by atoms with Gasteiger partial charge in [-0.3, -0.25) is 0 Å². The zero-order valence-electron chi connectivity index (χ0n) is 10.9. The first kappa shape index (κ1) is 14.9. The van der Waals surface area contributed by atoms with Crippen LogP contribution in [0.4, 0.5) is 8.78 Å². The summed E-state index contributed by atoms with van der Waals surface area (Å²) in [5.41, 5.74) is 5.76. The van der Waals surface area contributed by atoms with E-state index in [1.54, 1.807) is 7.11 Å². The van der Waals surface area contributed by atoms with Gasteiger partial charge in [0.05, 0.1) is 10.1 Å². The molecule has 0 aliphatic heterocycles. The van der Waals surface area contributed by atoms with Crippen LogP contribution >= 0.6 is 15.9 Å². The van der Waals surface area contributed by atoms with E-state index < -0.39 is 23.3 Å². The Kier molecular flexibility index (Phi) is 4.58. The molecule has 5 heteroatoms. The van der Waals surface area contributed by atoms with E-state index in [0.717, 1.165) is 25.7 Å². The van der Waals surface area contributed by atoms with Gasteiger partial charge < -0.3 is 10.5 Å². The van der Waals surface area contributed by atoms with E-state index in [1.807, 2.05) is 0 Å². The van der Waals surface area contributed by atoms with Gasteiger partial charge in [-0.25, -0.2) is 8.78 Å². The van der Waals surface area contributed by atoms with Crippen molar-refractivity contribution < 1.29 is 13.5 Å². The molecule has 1 aromatic carbocycles. The molecule has 19 heavy (non-hydrogen) atoms. The second-order valence-electron chi connectivity index (χ2n) is 5.11. The van der Waals surface area contributed by atoms with Gasteiger partial charge in [0.2, 0.25) is 0 Å². The molecule has 0 heterocycles. The average Bonchev–Trinajstić information content (AvgIpc) is 2.89. The van der Waals surface area contributed by atoms with Crippen LogP contribution in [0, 0.1) is 11.6 Å². The van der Waals surface area contributed by atoms with Crippen LogP contribution in [-0.2, 0) is 11.2 Å². The van der Waals surface area contributed by atoms with Gasteiger partial charge in [-0.2, -0.15) is 0 Å². The van der Waals surface area contributed by atoms with Gasteiger partial charge in [0, 0.05) is 18.7 Å². The topological polar surface area (TPSA) is 35.2 Å². The van der Waals surface area contributed by atoms with Crippen molar-refractivity contribution in [1.29, 1.82) is 0 Å². The molecule has 1 atom stereocenters. The summed E-state index contributed by atoms with van der Waals surface area (Å²) in [7, 11) is 1.62. The predicted molar refractivity (Wildman–Crippen MR) is 73.9 cm³/mol. The normalized spacial score (nSPS) is 19.6. The molecule has 1 aliphatic carbocycles. The maximum atomic E-state index is 14.0. The first-order chi connectivity index (χ1) is 9.00. The van der Waals surface area contributed by atoms with Gasteiger partial charge >= 0.3 is 0 Å². The maximum absolute atomic E-state index is 14.0. The van der Waals surface area contributed by atoms with Crippen LogP contribution < -0.4 is 5.73 Å². The zero-order valence-corrected chi connectivity index (χ0v) is 12.5. The lowest BCUT2D eigenvalue weighted by Crippen LogP contribution is -2.49. The Morgan fingerprint density at radius 3 is 2.58 bits per heavy atom. The molecule has 106 valence electrons. The Hall–Kier alpha value is -0.520. The van der Waals surface area contributed by atoms with E-state index in [0.29, 0.717) is 0 Å². The Morgan fingerprint density at radius 1 is 1.37 bits per heavy atom. The third kappa shape index (κ3) is 2.83. The standard InChI is InChI=1S/C14H18BrF2NO/c1-19-14(6-2-3-7-14)12(18)8-9-11(16)5-4-10(15)13(9)17/h4-5,12H,2-3,6-8,18H2,1H3. The molecular formula is C14H18BrF2NO. The van der Waals surface area contributed by atoms with E-state index in [4.69, 9.17) is 10.5 Å². The summed E-state index contributed by atoms with van der Waals surface area (Å²) >= 11 is 3.07. The molecule has 1 unspecified atom stereocenters. The molecule has 1 saturated carbocycles. The summed E-state index contributed by atoms with van der Waals surface area (Å²) in [4.78, 5) is 0. The molecule has 0 aromatic heterocycles. The summed E-state index contributed by atoms with van der Waals surface area (Å²) in [6, 6.07) is 2.21. The van der Waals surface area contributed by atoms with Crippen LogP contribution in [0.15, 0.2) is 16.6 Å². The lowest BCUT2D eigenvalue weighted by atomic mass is 9.88. The van der Waals surface area contributed by atoms with Crippen molar-refractivity contribution in [1.82, 2.24) is 0 Å². The van der Waals surface area contributed by atoms with Gasteiger partial charge in [-0.05, 0) is 47.3 Å². The summed E-state index contributed by atoms with van der Waals surface area (Å²) in [6.45, 7) is 0. The van der Waals surface area contributed by atoms with Gasteiger partial charge in [0.25, 0.3) is 0 Å². The molecule has 2 nitrogen and oxygen atoms in total. The average molecular weight is 334 g/mol. The summed E-state index contributed by atoms with van der Waals surface area (Å²) in [5, 5.41) is 0. The highest BCUT2D eigenvalue weighted by Crippen LogP contribution is 2.36. The van der Waals surface area contributed by atoms with Gasteiger partial charge in [0.15, 0.2) is 0 Å². The summed E-state index contributed by atoms with van der Waals surface area (Å²) in [6.07, 6.45) is 3.94. The number of hydrogen-bond donors (Lipinski definition) is 1. The Morgan fingerprint density at radius 2 is 2.00 bits per heavy atom. The van der Waals surface area contributed by atoms with Crippen molar-refractivity contribution in [3.63, 3.8) is 0 Å². The molecule has 0 radical (unpaired) electrons. The number of nitrogens with two attached hydrogens (primary N) is 1. The third-order valence-electron chi connectivity index (χ3n) is 4.10. The fourth-order valence-electron chi connectivity index (χ4n) is 2.86. The van der Waals surface area contributed by atoms with Crippen molar-refractivity contribution in [2.75, 3.05) is 7.11 Å². The molecule has 0 saturated heterocycles. The minimum atomic E-state index is -0.570. The molecule has 2 N–H and O–H groups in total. The number of benzene rings is 1. The first-order valence-corrected chi connectivity index (χ1v) is 7.22. The highest BCUT2D eigenvalue weighted by molar-refractivity contribution is 9.10. The fraction of sp³-hybridized carbons (Fsp3) is 0.571. The quantitative estimate of drug-likeness (QED) is 0.855. The molecule has 1 aromatic rings. The summed E-state index contributed by atoms with van der Waals surface area (Å²) < 4.78 is 33.5. The minimum absolute atomic E-state index is 0.0326.